The number of aliphatic hydroxyl groups is 1. The zero-order chi connectivity index (χ0) is 15.7. The van der Waals surface area contributed by atoms with Gasteiger partial charge in [-0.05, 0) is 45.9 Å². The molecular weight excluding hydrogens is 268 g/mol. The van der Waals surface area contributed by atoms with Crippen molar-refractivity contribution in [3.63, 3.8) is 0 Å². The number of carbonyl (C=O) groups is 1. The van der Waals surface area contributed by atoms with Crippen molar-refractivity contribution in [3.8, 4) is 0 Å². The summed E-state index contributed by atoms with van der Waals surface area (Å²) in [6.45, 7) is 7.43. The average Bonchev–Trinajstić information content (AvgIpc) is 2.66. The van der Waals surface area contributed by atoms with Gasteiger partial charge in [-0.2, -0.15) is 0 Å². The number of benzene rings is 1. The summed E-state index contributed by atoms with van der Waals surface area (Å²) in [6.07, 6.45) is 2.02. The van der Waals surface area contributed by atoms with Crippen molar-refractivity contribution >= 4 is 5.97 Å². The van der Waals surface area contributed by atoms with Crippen LogP contribution in [0.15, 0.2) is 42.5 Å². The van der Waals surface area contributed by atoms with Crippen molar-refractivity contribution in [2.75, 3.05) is 0 Å². The monoisotopic (exact) mass is 290 g/mol. The lowest BCUT2D eigenvalue weighted by molar-refractivity contribution is -0.128. The van der Waals surface area contributed by atoms with Crippen molar-refractivity contribution in [2.24, 2.45) is 0 Å². The summed E-state index contributed by atoms with van der Waals surface area (Å²) in [5, 5.41) is 10.4. The summed E-state index contributed by atoms with van der Waals surface area (Å²) >= 11 is 0. The summed E-state index contributed by atoms with van der Waals surface area (Å²) in [5.41, 5.74) is -1.01. The van der Waals surface area contributed by atoms with E-state index in [4.69, 9.17) is 9.47 Å². The lowest BCUT2D eigenvalue weighted by Gasteiger charge is -2.32. The molecule has 0 aliphatic heterocycles. The molecule has 0 bridgehead atoms. The van der Waals surface area contributed by atoms with Crippen LogP contribution in [0.2, 0.25) is 0 Å². The Morgan fingerprint density at radius 1 is 1.24 bits per heavy atom. The molecule has 4 heteroatoms. The number of aliphatic hydroxyl groups excluding tert-OH is 1. The summed E-state index contributed by atoms with van der Waals surface area (Å²) < 4.78 is 11.3. The number of ether oxygens (including phenoxy) is 2. The Kier molecular flexibility index (Phi) is 4.21. The van der Waals surface area contributed by atoms with Crippen LogP contribution in [-0.4, -0.2) is 34.5 Å². The van der Waals surface area contributed by atoms with Gasteiger partial charge in [0.25, 0.3) is 0 Å². The van der Waals surface area contributed by atoms with Gasteiger partial charge in [-0.15, -0.1) is 0 Å². The van der Waals surface area contributed by atoms with Crippen molar-refractivity contribution in [1.82, 2.24) is 0 Å². The molecule has 0 aromatic heterocycles. The smallest absolute Gasteiger partial charge is 0.339 e. The van der Waals surface area contributed by atoms with E-state index in [1.165, 1.54) is 0 Å². The van der Waals surface area contributed by atoms with Crippen LogP contribution in [0.4, 0.5) is 0 Å². The van der Waals surface area contributed by atoms with Crippen LogP contribution in [0, 0.1) is 0 Å². The summed E-state index contributed by atoms with van der Waals surface area (Å²) in [4.78, 5) is 12.1. The SMILES string of the molecule is CC(C)(C)OC1C=CC(C)(OC(=O)c2ccccc2)C1O. The van der Waals surface area contributed by atoms with Crippen molar-refractivity contribution in [2.45, 2.75) is 51.1 Å². The Hall–Kier alpha value is -1.65. The molecule has 0 saturated heterocycles. The first-order valence-electron chi connectivity index (χ1n) is 7.05. The molecule has 0 spiro atoms. The van der Waals surface area contributed by atoms with Crippen molar-refractivity contribution in [3.05, 3.63) is 48.0 Å². The van der Waals surface area contributed by atoms with Gasteiger partial charge >= 0.3 is 5.97 Å². The van der Waals surface area contributed by atoms with Crippen LogP contribution in [0.3, 0.4) is 0 Å². The van der Waals surface area contributed by atoms with E-state index < -0.39 is 23.8 Å². The minimum Gasteiger partial charge on any atom is -0.449 e. The second-order valence-corrected chi connectivity index (χ2v) is 6.44. The lowest BCUT2D eigenvalue weighted by atomic mass is 10.0. The normalized spacial score (nSPS) is 28.6. The van der Waals surface area contributed by atoms with E-state index in [2.05, 4.69) is 0 Å². The fourth-order valence-electron chi connectivity index (χ4n) is 2.26. The Balaban J connectivity index is 2.07. The van der Waals surface area contributed by atoms with Crippen LogP contribution in [-0.2, 0) is 9.47 Å². The highest BCUT2D eigenvalue weighted by atomic mass is 16.6. The van der Waals surface area contributed by atoms with Gasteiger partial charge in [0.05, 0.1) is 11.2 Å². The quantitative estimate of drug-likeness (QED) is 0.687. The highest BCUT2D eigenvalue weighted by molar-refractivity contribution is 5.89. The van der Waals surface area contributed by atoms with Gasteiger partial charge in [0, 0.05) is 0 Å². The molecule has 0 saturated carbocycles. The maximum absolute atomic E-state index is 12.1. The highest BCUT2D eigenvalue weighted by Gasteiger charge is 2.45. The third-order valence-electron chi connectivity index (χ3n) is 3.33. The fraction of sp³-hybridized carbons (Fsp3) is 0.471. The molecule has 3 atom stereocenters. The molecule has 3 unspecified atom stereocenters. The first kappa shape index (κ1) is 15.7. The molecule has 0 fully saturated rings. The van der Waals surface area contributed by atoms with Crippen LogP contribution in [0.5, 0.6) is 0 Å². The predicted octanol–water partition coefficient (Wildman–Crippen LogP) is 2.72. The maximum Gasteiger partial charge on any atom is 0.339 e. The summed E-state index contributed by atoms with van der Waals surface area (Å²) in [5.74, 6) is -0.460. The summed E-state index contributed by atoms with van der Waals surface area (Å²) in [6, 6.07) is 8.73. The van der Waals surface area contributed by atoms with Crippen LogP contribution < -0.4 is 0 Å². The zero-order valence-electron chi connectivity index (χ0n) is 12.9. The molecule has 1 aromatic rings. The Bertz CT molecular complexity index is 529. The van der Waals surface area contributed by atoms with Crippen LogP contribution >= 0.6 is 0 Å². The standard InChI is InChI=1S/C17H22O4/c1-16(2,3)20-13-10-11-17(4,14(13)18)21-15(19)12-8-6-5-7-9-12/h5-11,13-14,18H,1-4H3. The van der Waals surface area contributed by atoms with Crippen molar-refractivity contribution < 1.29 is 19.4 Å². The molecular formula is C17H22O4. The van der Waals surface area contributed by atoms with Gasteiger partial charge in [0.2, 0.25) is 0 Å². The molecule has 2 rings (SSSR count). The van der Waals surface area contributed by atoms with E-state index >= 15 is 0 Å². The molecule has 21 heavy (non-hydrogen) atoms. The molecule has 4 nitrogen and oxygen atoms in total. The fourth-order valence-corrected chi connectivity index (χ4v) is 2.26. The average molecular weight is 290 g/mol. The van der Waals surface area contributed by atoms with Gasteiger partial charge < -0.3 is 14.6 Å². The summed E-state index contributed by atoms with van der Waals surface area (Å²) in [7, 11) is 0. The van der Waals surface area contributed by atoms with Gasteiger partial charge in [0.15, 0.2) is 5.60 Å². The van der Waals surface area contributed by atoms with Gasteiger partial charge in [-0.3, -0.25) is 0 Å². The van der Waals surface area contributed by atoms with Crippen LogP contribution in [0.1, 0.15) is 38.1 Å². The molecule has 0 heterocycles. The Morgan fingerprint density at radius 2 is 1.86 bits per heavy atom. The molecule has 1 aromatic carbocycles. The molecule has 1 aliphatic rings. The van der Waals surface area contributed by atoms with Gasteiger partial charge in [0.1, 0.15) is 12.2 Å². The van der Waals surface area contributed by atoms with Gasteiger partial charge in [-0.25, -0.2) is 4.79 Å². The molecule has 1 N–H and O–H groups in total. The predicted molar refractivity (Wildman–Crippen MR) is 80.0 cm³/mol. The molecule has 1 aliphatic carbocycles. The largest absolute Gasteiger partial charge is 0.449 e. The third-order valence-corrected chi connectivity index (χ3v) is 3.33. The minimum atomic E-state index is -1.08. The second-order valence-electron chi connectivity index (χ2n) is 6.44. The number of esters is 1. The first-order chi connectivity index (χ1) is 9.71. The first-order valence-corrected chi connectivity index (χ1v) is 7.05. The molecule has 0 amide bonds. The topological polar surface area (TPSA) is 55.8 Å². The van der Waals surface area contributed by atoms with E-state index in [9.17, 15) is 9.90 Å². The maximum atomic E-state index is 12.1. The number of hydrogen-bond acceptors (Lipinski definition) is 4. The van der Waals surface area contributed by atoms with Crippen molar-refractivity contribution in [1.29, 1.82) is 0 Å². The number of carbonyl (C=O) groups excluding carboxylic acids is 1. The van der Waals surface area contributed by atoms with E-state index in [-0.39, 0.29) is 5.60 Å². The zero-order valence-corrected chi connectivity index (χ0v) is 12.9. The van der Waals surface area contributed by atoms with E-state index in [0.717, 1.165) is 0 Å². The number of rotatable bonds is 3. The van der Waals surface area contributed by atoms with E-state index in [0.29, 0.717) is 5.56 Å². The van der Waals surface area contributed by atoms with E-state index in [1.54, 1.807) is 43.3 Å². The van der Waals surface area contributed by atoms with Gasteiger partial charge in [-0.1, -0.05) is 24.3 Å². The number of hydrogen-bond donors (Lipinski definition) is 1. The second kappa shape index (κ2) is 5.62. The Morgan fingerprint density at radius 3 is 2.43 bits per heavy atom. The molecule has 114 valence electrons. The van der Waals surface area contributed by atoms with Crippen LogP contribution in [0.25, 0.3) is 0 Å². The highest BCUT2D eigenvalue weighted by Crippen LogP contribution is 2.32. The molecule has 0 radical (unpaired) electrons. The Labute approximate surface area is 125 Å². The minimum absolute atomic E-state index is 0.384. The van der Waals surface area contributed by atoms with E-state index in [1.807, 2.05) is 26.8 Å². The third kappa shape index (κ3) is 3.71. The lowest BCUT2D eigenvalue weighted by Crippen LogP contribution is -2.46.